The van der Waals surface area contributed by atoms with E-state index in [-0.39, 0.29) is 18.9 Å². The summed E-state index contributed by atoms with van der Waals surface area (Å²) in [4.78, 5) is 11.6. The van der Waals surface area contributed by atoms with E-state index < -0.39 is 0 Å². The maximum absolute atomic E-state index is 11.6. The smallest absolute Gasteiger partial charge is 0.243 e. The molecule has 0 aliphatic rings. The van der Waals surface area contributed by atoms with Gasteiger partial charge in [0.05, 0.1) is 18.1 Å². The Morgan fingerprint density at radius 3 is 2.71 bits per heavy atom. The van der Waals surface area contributed by atoms with Crippen LogP contribution in [0.1, 0.15) is 12.0 Å². The van der Waals surface area contributed by atoms with Gasteiger partial charge >= 0.3 is 0 Å². The number of halogens is 2. The van der Waals surface area contributed by atoms with Crippen molar-refractivity contribution in [3.05, 3.63) is 70.2 Å². The summed E-state index contributed by atoms with van der Waals surface area (Å²) < 4.78 is 5.43. The van der Waals surface area contributed by atoms with Crippen LogP contribution >= 0.6 is 23.2 Å². The zero-order valence-electron chi connectivity index (χ0n) is 12.8. The molecular weight excluding hydrogens is 347 g/mol. The molecule has 0 aliphatic heterocycles. The van der Waals surface area contributed by atoms with Crippen LogP contribution in [0.4, 0.5) is 0 Å². The van der Waals surface area contributed by atoms with Crippen molar-refractivity contribution in [3.8, 4) is 5.75 Å². The molecule has 2 aromatic carbocycles. The van der Waals surface area contributed by atoms with E-state index in [4.69, 9.17) is 27.9 Å². The fraction of sp³-hybridized carbons (Fsp3) is 0.111. The van der Waals surface area contributed by atoms with Crippen molar-refractivity contribution in [2.75, 3.05) is 6.61 Å². The Labute approximate surface area is 150 Å². The number of nitrogens with zero attached hydrogens (tertiary/aromatic N) is 1. The van der Waals surface area contributed by atoms with E-state index in [1.165, 1.54) is 6.21 Å². The zero-order chi connectivity index (χ0) is 17.2. The minimum Gasteiger partial charge on any atom is -0.491 e. The van der Waals surface area contributed by atoms with Gasteiger partial charge < -0.3 is 4.74 Å². The highest BCUT2D eigenvalue weighted by Crippen LogP contribution is 2.27. The van der Waals surface area contributed by atoms with Crippen molar-refractivity contribution < 1.29 is 9.53 Å². The van der Waals surface area contributed by atoms with E-state index in [1.807, 2.05) is 36.4 Å². The normalized spacial score (nSPS) is 11.1. The average molecular weight is 363 g/mol. The summed E-state index contributed by atoms with van der Waals surface area (Å²) in [5.74, 6) is 0.243. The second-order valence-electron chi connectivity index (χ2n) is 4.76. The molecule has 2 aromatic rings. The summed E-state index contributed by atoms with van der Waals surface area (Å²) in [5, 5.41) is 4.77. The van der Waals surface area contributed by atoms with Crippen molar-refractivity contribution in [1.82, 2.24) is 5.43 Å². The number of hydrogen-bond acceptors (Lipinski definition) is 3. The van der Waals surface area contributed by atoms with Gasteiger partial charge in [0, 0.05) is 11.2 Å². The summed E-state index contributed by atoms with van der Waals surface area (Å²) in [7, 11) is 0. The molecule has 0 bridgehead atoms. The van der Waals surface area contributed by atoms with Crippen molar-refractivity contribution in [2.45, 2.75) is 6.42 Å². The Hall–Kier alpha value is -2.30. The summed E-state index contributed by atoms with van der Waals surface area (Å²) in [6.07, 6.45) is 5.32. The number of hydrogen-bond donors (Lipinski definition) is 1. The molecule has 0 spiro atoms. The molecule has 0 aromatic heterocycles. The molecule has 0 unspecified atom stereocenters. The van der Waals surface area contributed by atoms with Crippen molar-refractivity contribution >= 4 is 41.4 Å². The van der Waals surface area contributed by atoms with E-state index >= 15 is 0 Å². The molecule has 2 rings (SSSR count). The molecule has 0 atom stereocenters. The molecule has 0 radical (unpaired) electrons. The van der Waals surface area contributed by atoms with Gasteiger partial charge in [0.25, 0.3) is 0 Å². The minimum absolute atomic E-state index is 0.165. The fourth-order valence-corrected chi connectivity index (χ4v) is 2.24. The van der Waals surface area contributed by atoms with Gasteiger partial charge in [0.15, 0.2) is 0 Å². The molecular formula is C18H16Cl2N2O2. The standard InChI is InChI=1S/C18H16Cl2N2O2/c19-15-8-9-17(16(20)13-15)24-12-10-18(23)22-21-11-4-7-14-5-2-1-3-6-14/h1-9,11,13H,10,12H2,(H,22,23)/b7-4+,21-11+. The number of ether oxygens (including phenoxy) is 1. The number of allylic oxidation sites excluding steroid dienone is 1. The van der Waals surface area contributed by atoms with Gasteiger partial charge in [-0.05, 0) is 29.8 Å². The lowest BCUT2D eigenvalue weighted by Gasteiger charge is -2.07. The fourth-order valence-electron chi connectivity index (χ4n) is 1.77. The lowest BCUT2D eigenvalue weighted by molar-refractivity contribution is -0.121. The summed E-state index contributed by atoms with van der Waals surface area (Å²) in [6.45, 7) is 0.197. The summed E-state index contributed by atoms with van der Waals surface area (Å²) in [5.41, 5.74) is 3.48. The molecule has 124 valence electrons. The van der Waals surface area contributed by atoms with E-state index in [0.717, 1.165) is 5.56 Å². The Bertz CT molecular complexity index is 731. The largest absolute Gasteiger partial charge is 0.491 e. The number of benzene rings is 2. The lowest BCUT2D eigenvalue weighted by Crippen LogP contribution is -2.19. The number of nitrogens with one attached hydrogen (secondary N) is 1. The first-order valence-corrected chi connectivity index (χ1v) is 8.02. The Morgan fingerprint density at radius 1 is 1.17 bits per heavy atom. The highest BCUT2D eigenvalue weighted by atomic mass is 35.5. The first kappa shape index (κ1) is 18.0. The molecule has 0 aliphatic carbocycles. The van der Waals surface area contributed by atoms with Gasteiger partial charge in [-0.1, -0.05) is 59.6 Å². The van der Waals surface area contributed by atoms with Gasteiger partial charge in [-0.2, -0.15) is 5.10 Å². The van der Waals surface area contributed by atoms with Crippen molar-refractivity contribution in [1.29, 1.82) is 0 Å². The van der Waals surface area contributed by atoms with E-state index in [9.17, 15) is 4.79 Å². The molecule has 4 nitrogen and oxygen atoms in total. The summed E-state index contributed by atoms with van der Waals surface area (Å²) in [6, 6.07) is 14.7. The highest BCUT2D eigenvalue weighted by Gasteiger charge is 2.04. The molecule has 6 heteroatoms. The first-order chi connectivity index (χ1) is 11.6. The monoisotopic (exact) mass is 362 g/mol. The van der Waals surface area contributed by atoms with Crippen molar-refractivity contribution in [2.24, 2.45) is 5.10 Å². The summed E-state index contributed by atoms with van der Waals surface area (Å²) >= 11 is 11.8. The van der Waals surface area contributed by atoms with Crippen LogP contribution in [0.3, 0.4) is 0 Å². The van der Waals surface area contributed by atoms with Gasteiger partial charge in [0.1, 0.15) is 5.75 Å². The molecule has 0 fully saturated rings. The Kier molecular flexibility index (Phi) is 7.33. The molecule has 1 amide bonds. The average Bonchev–Trinajstić information content (AvgIpc) is 2.57. The number of rotatable bonds is 7. The van der Waals surface area contributed by atoms with Gasteiger partial charge in [-0.3, -0.25) is 4.79 Å². The molecule has 0 saturated carbocycles. The SMILES string of the molecule is O=C(CCOc1ccc(Cl)cc1Cl)N/N=C/C=C/c1ccccc1. The van der Waals surface area contributed by atoms with Crippen LogP contribution < -0.4 is 10.2 Å². The number of carbonyl (C=O) groups is 1. The maximum atomic E-state index is 11.6. The van der Waals surface area contributed by atoms with Crippen LogP contribution in [0.5, 0.6) is 5.75 Å². The molecule has 0 heterocycles. The van der Waals surface area contributed by atoms with Gasteiger partial charge in [-0.25, -0.2) is 5.43 Å². The molecule has 0 saturated heterocycles. The van der Waals surface area contributed by atoms with Crippen LogP contribution in [-0.2, 0) is 4.79 Å². The second-order valence-corrected chi connectivity index (χ2v) is 5.60. The number of amides is 1. The predicted molar refractivity (Wildman–Crippen MR) is 98.7 cm³/mol. The minimum atomic E-state index is -0.246. The third-order valence-corrected chi connectivity index (χ3v) is 3.45. The quantitative estimate of drug-likeness (QED) is 0.578. The predicted octanol–water partition coefficient (Wildman–Crippen LogP) is 4.58. The van der Waals surface area contributed by atoms with Crippen molar-refractivity contribution in [3.63, 3.8) is 0 Å². The van der Waals surface area contributed by atoms with E-state index in [1.54, 1.807) is 24.3 Å². The number of hydrazone groups is 1. The maximum Gasteiger partial charge on any atom is 0.243 e. The molecule has 1 N–H and O–H groups in total. The van der Waals surface area contributed by atoms with Crippen LogP contribution in [0.2, 0.25) is 10.0 Å². The number of carbonyl (C=O) groups excluding carboxylic acids is 1. The lowest BCUT2D eigenvalue weighted by atomic mass is 10.2. The van der Waals surface area contributed by atoms with E-state index in [2.05, 4.69) is 10.5 Å². The molecule has 24 heavy (non-hydrogen) atoms. The third kappa shape index (κ3) is 6.44. The first-order valence-electron chi connectivity index (χ1n) is 7.26. The van der Waals surface area contributed by atoms with Crippen LogP contribution in [0, 0.1) is 0 Å². The topological polar surface area (TPSA) is 50.7 Å². The van der Waals surface area contributed by atoms with E-state index in [0.29, 0.717) is 15.8 Å². The van der Waals surface area contributed by atoms with Crippen LogP contribution in [0.25, 0.3) is 6.08 Å². The second kappa shape index (κ2) is 9.75. The van der Waals surface area contributed by atoms with Gasteiger partial charge in [0.2, 0.25) is 5.91 Å². The van der Waals surface area contributed by atoms with Crippen LogP contribution in [-0.4, -0.2) is 18.7 Å². The Balaban J connectivity index is 1.68. The zero-order valence-corrected chi connectivity index (χ0v) is 14.3. The Morgan fingerprint density at radius 2 is 1.96 bits per heavy atom. The van der Waals surface area contributed by atoms with Crippen LogP contribution in [0.15, 0.2) is 59.7 Å². The highest BCUT2D eigenvalue weighted by molar-refractivity contribution is 6.35. The van der Waals surface area contributed by atoms with Gasteiger partial charge in [-0.15, -0.1) is 0 Å². The third-order valence-electron chi connectivity index (χ3n) is 2.92.